The molecule has 4 nitrogen and oxygen atoms in total. The van der Waals surface area contributed by atoms with Crippen LogP contribution in [0, 0.1) is 6.92 Å². The minimum Gasteiger partial charge on any atom is -0.478 e. The Hall–Kier alpha value is -1.81. The summed E-state index contributed by atoms with van der Waals surface area (Å²) in [5.74, 6) is -0.551. The lowest BCUT2D eigenvalue weighted by Crippen LogP contribution is -2.17. The second-order valence-electron chi connectivity index (χ2n) is 7.57. The summed E-state index contributed by atoms with van der Waals surface area (Å²) in [6, 6.07) is 3.64. The third kappa shape index (κ3) is 3.00. The summed E-state index contributed by atoms with van der Waals surface area (Å²) in [7, 11) is 0. The van der Waals surface area contributed by atoms with Gasteiger partial charge < -0.3 is 15.4 Å². The molecule has 126 valence electrons. The molecule has 1 aromatic carbocycles. The van der Waals surface area contributed by atoms with Crippen molar-refractivity contribution in [2.24, 2.45) is 5.73 Å². The van der Waals surface area contributed by atoms with Crippen LogP contribution in [0.3, 0.4) is 0 Å². The number of aromatic carboxylic acids is 1. The first-order chi connectivity index (χ1) is 10.6. The van der Waals surface area contributed by atoms with E-state index in [0.29, 0.717) is 18.0 Å². The minimum atomic E-state index is -0.878. The van der Waals surface area contributed by atoms with Gasteiger partial charge in [-0.2, -0.15) is 0 Å². The first-order valence-electron chi connectivity index (χ1n) is 8.20. The average molecular weight is 316 g/mol. The first-order valence-corrected chi connectivity index (χ1v) is 8.20. The van der Waals surface area contributed by atoms with Gasteiger partial charge in [-0.1, -0.05) is 34.6 Å². The Kier molecular flexibility index (Phi) is 4.58. The Bertz CT molecular complexity index is 749. The Morgan fingerprint density at radius 1 is 1.30 bits per heavy atom. The van der Waals surface area contributed by atoms with Gasteiger partial charge in [-0.05, 0) is 41.5 Å². The molecule has 0 saturated heterocycles. The highest BCUT2D eigenvalue weighted by atomic mass is 16.4. The number of benzene rings is 1. The van der Waals surface area contributed by atoms with Crippen LogP contribution in [-0.2, 0) is 12.0 Å². The van der Waals surface area contributed by atoms with Crippen LogP contribution < -0.4 is 5.73 Å². The van der Waals surface area contributed by atoms with E-state index in [0.717, 1.165) is 23.0 Å². The number of carbonyl (C=O) groups is 1. The molecule has 0 radical (unpaired) electrons. The molecule has 2 aromatic rings. The van der Waals surface area contributed by atoms with Crippen LogP contribution in [0.5, 0.6) is 0 Å². The Labute approximate surface area is 138 Å². The van der Waals surface area contributed by atoms with Crippen molar-refractivity contribution in [3.8, 4) is 0 Å². The van der Waals surface area contributed by atoms with Crippen LogP contribution in [0.1, 0.15) is 67.7 Å². The molecule has 4 heteroatoms. The molecule has 0 spiro atoms. The van der Waals surface area contributed by atoms with Gasteiger partial charge in [0, 0.05) is 24.2 Å². The van der Waals surface area contributed by atoms with Crippen molar-refractivity contribution in [1.82, 2.24) is 4.57 Å². The number of carboxylic acid groups (broad SMARTS) is 1. The summed E-state index contributed by atoms with van der Waals surface area (Å²) in [5, 5.41) is 10.6. The predicted molar refractivity (Wildman–Crippen MR) is 95.5 cm³/mol. The van der Waals surface area contributed by atoms with Crippen LogP contribution in [0.2, 0.25) is 0 Å². The average Bonchev–Trinajstić information content (AvgIpc) is 2.69. The van der Waals surface area contributed by atoms with Gasteiger partial charge in [-0.15, -0.1) is 0 Å². The number of fused-ring (bicyclic) bond motifs is 1. The SMILES string of the molecule is Cc1c(C(C)C)c2cc(C(=O)O)cc(C(C)(C)C)c2n1CCN. The highest BCUT2D eigenvalue weighted by molar-refractivity contribution is 5.98. The van der Waals surface area contributed by atoms with E-state index >= 15 is 0 Å². The van der Waals surface area contributed by atoms with Gasteiger partial charge in [0.2, 0.25) is 0 Å². The molecule has 3 N–H and O–H groups in total. The van der Waals surface area contributed by atoms with E-state index < -0.39 is 5.97 Å². The maximum Gasteiger partial charge on any atom is 0.335 e. The van der Waals surface area contributed by atoms with Gasteiger partial charge in [0.05, 0.1) is 11.1 Å². The molecule has 0 amide bonds. The van der Waals surface area contributed by atoms with Crippen LogP contribution in [0.4, 0.5) is 0 Å². The zero-order valence-corrected chi connectivity index (χ0v) is 15.0. The van der Waals surface area contributed by atoms with Gasteiger partial charge >= 0.3 is 5.97 Å². The van der Waals surface area contributed by atoms with E-state index in [4.69, 9.17) is 5.73 Å². The lowest BCUT2D eigenvalue weighted by Gasteiger charge is -2.23. The molecular weight excluding hydrogens is 288 g/mol. The summed E-state index contributed by atoms with van der Waals surface area (Å²) in [6.45, 7) is 14.1. The van der Waals surface area contributed by atoms with Crippen molar-refractivity contribution in [1.29, 1.82) is 0 Å². The minimum absolute atomic E-state index is 0.144. The molecule has 0 fully saturated rings. The quantitative estimate of drug-likeness (QED) is 0.895. The monoisotopic (exact) mass is 316 g/mol. The molecule has 0 aliphatic carbocycles. The fourth-order valence-electron chi connectivity index (χ4n) is 3.47. The highest BCUT2D eigenvalue weighted by Gasteiger charge is 2.26. The van der Waals surface area contributed by atoms with Gasteiger partial charge in [0.1, 0.15) is 0 Å². The second-order valence-corrected chi connectivity index (χ2v) is 7.57. The molecule has 0 bridgehead atoms. The normalized spacial score (nSPS) is 12.3. The molecule has 0 aliphatic rings. The van der Waals surface area contributed by atoms with Crippen LogP contribution in [0.15, 0.2) is 12.1 Å². The maximum atomic E-state index is 11.6. The first kappa shape index (κ1) is 17.5. The summed E-state index contributed by atoms with van der Waals surface area (Å²) in [5.41, 5.74) is 10.7. The van der Waals surface area contributed by atoms with Crippen molar-refractivity contribution in [2.45, 2.75) is 59.4 Å². The van der Waals surface area contributed by atoms with Crippen molar-refractivity contribution in [2.75, 3.05) is 6.54 Å². The third-order valence-corrected chi connectivity index (χ3v) is 4.45. The molecular formula is C19H28N2O2. The van der Waals surface area contributed by atoms with Crippen LogP contribution >= 0.6 is 0 Å². The van der Waals surface area contributed by atoms with Gasteiger partial charge in [0.15, 0.2) is 0 Å². The lowest BCUT2D eigenvalue weighted by molar-refractivity contribution is 0.0697. The topological polar surface area (TPSA) is 68.2 Å². The Balaban J connectivity index is 3.02. The standard InChI is InChI=1S/C19H28N2O2/c1-11(2)16-12(3)21(8-7-20)17-14(16)9-13(18(22)23)10-15(17)19(4,5)6/h9-11H,7-8,20H2,1-6H3,(H,22,23). The van der Waals surface area contributed by atoms with E-state index in [1.165, 1.54) is 11.3 Å². The summed E-state index contributed by atoms with van der Waals surface area (Å²) >= 11 is 0. The lowest BCUT2D eigenvalue weighted by atomic mass is 9.83. The maximum absolute atomic E-state index is 11.6. The highest BCUT2D eigenvalue weighted by Crippen LogP contribution is 2.38. The zero-order chi connectivity index (χ0) is 17.5. The number of nitrogens with two attached hydrogens (primary N) is 1. The van der Waals surface area contributed by atoms with Crippen molar-refractivity contribution < 1.29 is 9.90 Å². The third-order valence-electron chi connectivity index (χ3n) is 4.45. The molecule has 0 aliphatic heterocycles. The van der Waals surface area contributed by atoms with E-state index in [-0.39, 0.29) is 5.41 Å². The van der Waals surface area contributed by atoms with Crippen LogP contribution in [0.25, 0.3) is 10.9 Å². The number of aromatic nitrogens is 1. The van der Waals surface area contributed by atoms with E-state index in [9.17, 15) is 9.90 Å². The van der Waals surface area contributed by atoms with Gasteiger partial charge in [-0.25, -0.2) is 4.79 Å². The summed E-state index contributed by atoms with van der Waals surface area (Å²) in [6.07, 6.45) is 0. The number of hydrogen-bond donors (Lipinski definition) is 2. The van der Waals surface area contributed by atoms with Crippen molar-refractivity contribution >= 4 is 16.9 Å². The zero-order valence-electron chi connectivity index (χ0n) is 15.0. The van der Waals surface area contributed by atoms with Crippen molar-refractivity contribution in [3.63, 3.8) is 0 Å². The molecule has 0 atom stereocenters. The van der Waals surface area contributed by atoms with E-state index in [1.807, 2.05) is 12.1 Å². The van der Waals surface area contributed by atoms with E-state index in [2.05, 4.69) is 46.1 Å². The summed E-state index contributed by atoms with van der Waals surface area (Å²) in [4.78, 5) is 11.6. The predicted octanol–water partition coefficient (Wildman–Crippen LogP) is 4.03. The summed E-state index contributed by atoms with van der Waals surface area (Å²) < 4.78 is 2.26. The molecule has 0 saturated carbocycles. The molecule has 23 heavy (non-hydrogen) atoms. The largest absolute Gasteiger partial charge is 0.478 e. The van der Waals surface area contributed by atoms with E-state index in [1.54, 1.807) is 0 Å². The molecule has 1 heterocycles. The van der Waals surface area contributed by atoms with Gasteiger partial charge in [-0.3, -0.25) is 0 Å². The molecule has 2 rings (SSSR count). The van der Waals surface area contributed by atoms with Gasteiger partial charge in [0.25, 0.3) is 0 Å². The number of hydrogen-bond acceptors (Lipinski definition) is 2. The number of carboxylic acids is 1. The second kappa shape index (κ2) is 6.00. The fraction of sp³-hybridized carbons (Fsp3) is 0.526. The number of rotatable bonds is 4. The smallest absolute Gasteiger partial charge is 0.335 e. The van der Waals surface area contributed by atoms with Crippen LogP contribution in [-0.4, -0.2) is 22.2 Å². The Morgan fingerprint density at radius 3 is 2.35 bits per heavy atom. The van der Waals surface area contributed by atoms with Crippen molar-refractivity contribution in [3.05, 3.63) is 34.5 Å². The fourth-order valence-corrected chi connectivity index (χ4v) is 3.47. The number of nitrogens with zero attached hydrogens (tertiary/aromatic N) is 1. The molecule has 0 unspecified atom stereocenters. The molecule has 1 aromatic heterocycles. The Morgan fingerprint density at radius 2 is 1.91 bits per heavy atom.